The first-order valence-electron chi connectivity index (χ1n) is 11.6. The molecule has 1 aliphatic rings. The molecule has 2 amide bonds. The highest BCUT2D eigenvalue weighted by atomic mass is 35.5. The number of nitrogens with one attached hydrogen (secondary N) is 2. The lowest BCUT2D eigenvalue weighted by molar-refractivity contribution is 0.00578. The molecule has 11 heteroatoms. The highest BCUT2D eigenvalue weighted by Crippen LogP contribution is 2.39. The number of thiophene rings is 1. The largest absolute Gasteiger partial charge is 0.496 e. The zero-order valence-corrected chi connectivity index (χ0v) is 22.3. The Balaban J connectivity index is 1.37. The van der Waals surface area contributed by atoms with Gasteiger partial charge in [0.25, 0.3) is 0 Å². The first-order valence-corrected chi connectivity index (χ1v) is 12.8. The molecule has 2 aromatic carbocycles. The zero-order valence-electron chi connectivity index (χ0n) is 20.7. The molecular formula is C26H25BClFN4O3S. The van der Waals surface area contributed by atoms with Gasteiger partial charge >= 0.3 is 13.1 Å². The van der Waals surface area contributed by atoms with Gasteiger partial charge in [-0.2, -0.15) is 0 Å². The van der Waals surface area contributed by atoms with Crippen molar-refractivity contribution in [3.8, 4) is 10.4 Å². The second-order valence-electron chi connectivity index (χ2n) is 9.86. The summed E-state index contributed by atoms with van der Waals surface area (Å²) in [5.41, 5.74) is 7.88. The molecule has 1 aliphatic heterocycles. The standard InChI is InChI=1S/C26H25BClFN4O3S/c1-25(2)26(3,4)36-27(35-25)15-11-18(23(30)31-13-15)22-10-14-9-16(6-8-21(14)37-22)32-24(34)33-17-5-7-20(29)19(28)12-17/h5-13H,1-4H3,(H2,30,31)(H2,32,33,34). The molecule has 37 heavy (non-hydrogen) atoms. The number of aromatic nitrogens is 1. The second-order valence-corrected chi connectivity index (χ2v) is 11.4. The fraction of sp³-hybridized carbons (Fsp3) is 0.231. The van der Waals surface area contributed by atoms with Gasteiger partial charge in [-0.15, -0.1) is 11.3 Å². The summed E-state index contributed by atoms with van der Waals surface area (Å²) in [7, 11) is -0.545. The topological polar surface area (TPSA) is 98.5 Å². The maximum Gasteiger partial charge on any atom is 0.496 e. The van der Waals surface area contributed by atoms with Crippen LogP contribution in [0.4, 0.5) is 26.4 Å². The van der Waals surface area contributed by atoms with Crippen LogP contribution in [0.25, 0.3) is 20.5 Å². The lowest BCUT2D eigenvalue weighted by atomic mass is 9.79. The molecule has 4 aromatic rings. The molecule has 3 heterocycles. The van der Waals surface area contributed by atoms with Gasteiger partial charge in [0.1, 0.15) is 11.6 Å². The van der Waals surface area contributed by atoms with Crippen LogP contribution in [0, 0.1) is 5.82 Å². The Hall–Kier alpha value is -3.18. The summed E-state index contributed by atoms with van der Waals surface area (Å²) in [5, 5.41) is 6.29. The van der Waals surface area contributed by atoms with E-state index in [1.54, 1.807) is 17.5 Å². The number of benzene rings is 2. The number of nitrogens with zero attached hydrogens (tertiary/aromatic N) is 1. The predicted octanol–water partition coefficient (Wildman–Crippen LogP) is 6.28. The molecule has 0 spiro atoms. The summed E-state index contributed by atoms with van der Waals surface area (Å²) in [4.78, 5) is 17.8. The van der Waals surface area contributed by atoms with E-state index in [1.807, 2.05) is 58.0 Å². The number of fused-ring (bicyclic) bond motifs is 1. The third kappa shape index (κ3) is 5.02. The van der Waals surface area contributed by atoms with Gasteiger partial charge in [0.2, 0.25) is 0 Å². The number of hydrogen-bond donors (Lipinski definition) is 3. The lowest BCUT2D eigenvalue weighted by Crippen LogP contribution is -2.41. The van der Waals surface area contributed by atoms with Crippen LogP contribution in [0.3, 0.4) is 0 Å². The number of urea groups is 1. The van der Waals surface area contributed by atoms with Gasteiger partial charge in [-0.3, -0.25) is 0 Å². The Morgan fingerprint density at radius 2 is 1.68 bits per heavy atom. The Morgan fingerprint density at radius 1 is 1.03 bits per heavy atom. The fourth-order valence-electron chi connectivity index (χ4n) is 3.92. The van der Waals surface area contributed by atoms with E-state index in [1.165, 1.54) is 18.2 Å². The van der Waals surface area contributed by atoms with Crippen molar-refractivity contribution in [3.05, 3.63) is 65.6 Å². The highest BCUT2D eigenvalue weighted by Gasteiger charge is 2.51. The van der Waals surface area contributed by atoms with Crippen molar-refractivity contribution >= 4 is 68.8 Å². The normalized spacial score (nSPS) is 16.2. The van der Waals surface area contributed by atoms with Crippen molar-refractivity contribution in [2.24, 2.45) is 0 Å². The van der Waals surface area contributed by atoms with Crippen LogP contribution in [0.1, 0.15) is 27.7 Å². The smallest absolute Gasteiger partial charge is 0.399 e. The number of nitrogen functional groups attached to an aromatic ring is 1. The Labute approximate surface area is 223 Å². The third-order valence-corrected chi connectivity index (χ3v) is 8.12. The fourth-order valence-corrected chi connectivity index (χ4v) is 5.17. The van der Waals surface area contributed by atoms with Crippen molar-refractivity contribution in [3.63, 3.8) is 0 Å². The molecule has 190 valence electrons. The van der Waals surface area contributed by atoms with Crippen LogP contribution in [-0.4, -0.2) is 29.3 Å². The number of carbonyl (C=O) groups is 1. The second kappa shape index (κ2) is 9.29. The highest BCUT2D eigenvalue weighted by molar-refractivity contribution is 7.22. The van der Waals surface area contributed by atoms with Gasteiger partial charge in [-0.1, -0.05) is 11.6 Å². The van der Waals surface area contributed by atoms with Crippen LogP contribution < -0.4 is 21.8 Å². The minimum atomic E-state index is -0.552. The molecule has 7 nitrogen and oxygen atoms in total. The zero-order chi connectivity index (χ0) is 26.5. The first kappa shape index (κ1) is 25.5. The number of halogens is 2. The summed E-state index contributed by atoms with van der Waals surface area (Å²) in [5.74, 6) is -0.147. The summed E-state index contributed by atoms with van der Waals surface area (Å²) in [6, 6.07) is 13.1. The number of pyridine rings is 1. The van der Waals surface area contributed by atoms with Crippen molar-refractivity contribution < 1.29 is 18.5 Å². The molecule has 4 N–H and O–H groups in total. The maximum atomic E-state index is 13.4. The van der Waals surface area contributed by atoms with Gasteiger partial charge in [-0.05, 0) is 81.6 Å². The quantitative estimate of drug-likeness (QED) is 0.266. The molecule has 0 bridgehead atoms. The number of anilines is 3. The van der Waals surface area contributed by atoms with E-state index in [9.17, 15) is 9.18 Å². The molecule has 1 fully saturated rings. The minimum Gasteiger partial charge on any atom is -0.399 e. The molecule has 0 unspecified atom stereocenters. The summed E-state index contributed by atoms with van der Waals surface area (Å²) < 4.78 is 26.7. The van der Waals surface area contributed by atoms with E-state index in [0.717, 1.165) is 26.0 Å². The first-order chi connectivity index (χ1) is 17.4. The molecule has 0 atom stereocenters. The molecule has 0 aliphatic carbocycles. The van der Waals surface area contributed by atoms with E-state index in [0.29, 0.717) is 17.2 Å². The van der Waals surface area contributed by atoms with Crippen LogP contribution >= 0.6 is 22.9 Å². The SMILES string of the molecule is CC1(C)OB(c2cnc(N)c(-c3cc4cc(NC(=O)Nc5ccc(F)c(Cl)c5)ccc4s3)c2)OC1(C)C. The third-order valence-electron chi connectivity index (χ3n) is 6.68. The summed E-state index contributed by atoms with van der Waals surface area (Å²) in [6.07, 6.45) is 1.68. The van der Waals surface area contributed by atoms with Gasteiger partial charge in [0, 0.05) is 38.2 Å². The van der Waals surface area contributed by atoms with Crippen molar-refractivity contribution in [2.45, 2.75) is 38.9 Å². The monoisotopic (exact) mass is 538 g/mol. The number of amides is 2. The van der Waals surface area contributed by atoms with Crippen molar-refractivity contribution in [1.29, 1.82) is 0 Å². The van der Waals surface area contributed by atoms with Crippen molar-refractivity contribution in [2.75, 3.05) is 16.4 Å². The minimum absolute atomic E-state index is 0.0682. The van der Waals surface area contributed by atoms with Crippen LogP contribution in [0.2, 0.25) is 5.02 Å². The predicted molar refractivity (Wildman–Crippen MR) is 149 cm³/mol. The molecular weight excluding hydrogens is 514 g/mol. The Kier molecular flexibility index (Phi) is 6.40. The van der Waals surface area contributed by atoms with Gasteiger partial charge < -0.3 is 25.7 Å². The van der Waals surface area contributed by atoms with Crippen LogP contribution in [0.15, 0.2) is 54.7 Å². The Bertz CT molecular complexity index is 1510. The summed E-state index contributed by atoms with van der Waals surface area (Å²) >= 11 is 7.35. The van der Waals surface area contributed by atoms with Crippen LogP contribution in [-0.2, 0) is 9.31 Å². The Morgan fingerprint density at radius 3 is 2.35 bits per heavy atom. The average Bonchev–Trinajstić information content (AvgIpc) is 3.33. The van der Waals surface area contributed by atoms with E-state index in [2.05, 4.69) is 15.6 Å². The maximum absolute atomic E-state index is 13.4. The number of rotatable bonds is 4. The van der Waals surface area contributed by atoms with E-state index in [-0.39, 0.29) is 5.02 Å². The molecule has 1 saturated heterocycles. The number of carbonyl (C=O) groups excluding carboxylic acids is 1. The lowest BCUT2D eigenvalue weighted by Gasteiger charge is -2.32. The van der Waals surface area contributed by atoms with Gasteiger partial charge in [0.15, 0.2) is 0 Å². The van der Waals surface area contributed by atoms with E-state index in [4.69, 9.17) is 26.6 Å². The molecule has 5 rings (SSSR count). The number of nitrogens with two attached hydrogens (primary N) is 1. The van der Waals surface area contributed by atoms with E-state index >= 15 is 0 Å². The molecule has 0 radical (unpaired) electrons. The molecule has 0 saturated carbocycles. The van der Waals surface area contributed by atoms with Crippen molar-refractivity contribution in [1.82, 2.24) is 4.98 Å². The average molecular weight is 539 g/mol. The van der Waals surface area contributed by atoms with Gasteiger partial charge in [-0.25, -0.2) is 14.2 Å². The molecule has 2 aromatic heterocycles. The van der Waals surface area contributed by atoms with Crippen LogP contribution in [0.5, 0.6) is 0 Å². The van der Waals surface area contributed by atoms with Gasteiger partial charge in [0.05, 0.1) is 16.2 Å². The van der Waals surface area contributed by atoms with E-state index < -0.39 is 30.2 Å². The number of hydrogen-bond acceptors (Lipinski definition) is 6. The summed E-state index contributed by atoms with van der Waals surface area (Å²) in [6.45, 7) is 8.02.